The second-order valence-corrected chi connectivity index (χ2v) is 6.35. The number of nitrogens with zero attached hydrogens (tertiary/aromatic N) is 1. The fourth-order valence-corrected chi connectivity index (χ4v) is 3.12. The predicted octanol–water partition coefficient (Wildman–Crippen LogP) is 2.96. The van der Waals surface area contributed by atoms with Gasteiger partial charge in [-0.05, 0) is 37.0 Å². The molecule has 0 aliphatic rings. The van der Waals surface area contributed by atoms with Gasteiger partial charge in [0.15, 0.2) is 0 Å². The number of aryl methyl sites for hydroxylation is 1. The van der Waals surface area contributed by atoms with Gasteiger partial charge in [0.05, 0.1) is 23.0 Å². The Kier molecular flexibility index (Phi) is 4.66. The molecule has 0 saturated heterocycles. The van der Waals surface area contributed by atoms with Gasteiger partial charge in [-0.3, -0.25) is 14.7 Å². The van der Waals surface area contributed by atoms with Crippen LogP contribution in [0, 0.1) is 18.3 Å². The Bertz CT molecular complexity index is 771. The fourth-order valence-electron chi connectivity index (χ4n) is 2.81. The number of rotatable bonds is 6. The lowest BCUT2D eigenvalue weighted by Crippen LogP contribution is -2.40. The lowest BCUT2D eigenvalue weighted by molar-refractivity contribution is -0.160. The Morgan fingerprint density at radius 2 is 2.09 bits per heavy atom. The number of aromatic amines is 1. The van der Waals surface area contributed by atoms with Gasteiger partial charge in [0, 0.05) is 11.3 Å². The summed E-state index contributed by atoms with van der Waals surface area (Å²) in [5, 5.41) is 26.6. The lowest BCUT2D eigenvalue weighted by atomic mass is 9.72. The van der Waals surface area contributed by atoms with E-state index in [4.69, 9.17) is 11.6 Å². The number of hydrogen-bond donors (Lipinski definition) is 3. The predicted molar refractivity (Wildman–Crippen MR) is 86.6 cm³/mol. The molecule has 0 aliphatic carbocycles. The van der Waals surface area contributed by atoms with Gasteiger partial charge in [0.2, 0.25) is 0 Å². The van der Waals surface area contributed by atoms with Gasteiger partial charge in [0.25, 0.3) is 0 Å². The van der Waals surface area contributed by atoms with Crippen molar-refractivity contribution in [2.75, 3.05) is 0 Å². The quantitative estimate of drug-likeness (QED) is 0.702. The zero-order chi connectivity index (χ0) is 17.4. The number of nitrogens with one attached hydrogen (secondary N) is 1. The van der Waals surface area contributed by atoms with Crippen LogP contribution in [-0.4, -0.2) is 32.3 Å². The van der Waals surface area contributed by atoms with Crippen molar-refractivity contribution >= 4 is 34.4 Å². The van der Waals surface area contributed by atoms with Crippen molar-refractivity contribution in [3.05, 3.63) is 29.0 Å². The van der Waals surface area contributed by atoms with Gasteiger partial charge in [-0.25, -0.2) is 0 Å². The average Bonchev–Trinajstić information content (AvgIpc) is 2.96. The number of aliphatic carboxylic acids is 2. The maximum absolute atomic E-state index is 11.8. The first-order chi connectivity index (χ1) is 10.7. The van der Waals surface area contributed by atoms with Crippen molar-refractivity contribution < 1.29 is 19.8 Å². The second kappa shape index (κ2) is 6.20. The van der Waals surface area contributed by atoms with E-state index >= 15 is 0 Å². The molecule has 6 nitrogen and oxygen atoms in total. The van der Waals surface area contributed by atoms with Crippen LogP contribution in [0.25, 0.3) is 10.9 Å². The standard InChI is InChI=1S/C16H19ClN2O4/c1-8-4-10(11(6-17)12-7-18-19-13(8)12)5-16(3,15(22)23)9(2)14(20)21/h4,7,9H,5-6H2,1-3H3,(H,18,19)(H,20,21)(H,22,23). The highest BCUT2D eigenvalue weighted by atomic mass is 35.5. The van der Waals surface area contributed by atoms with E-state index in [9.17, 15) is 19.8 Å². The molecule has 0 amide bonds. The normalized spacial score (nSPS) is 15.3. The summed E-state index contributed by atoms with van der Waals surface area (Å²) in [6.45, 7) is 4.77. The summed E-state index contributed by atoms with van der Waals surface area (Å²) >= 11 is 6.07. The Labute approximate surface area is 138 Å². The number of carboxylic acid groups (broad SMARTS) is 2. The first-order valence-electron chi connectivity index (χ1n) is 7.19. The highest BCUT2D eigenvalue weighted by molar-refractivity contribution is 6.18. The summed E-state index contributed by atoms with van der Waals surface area (Å²) in [7, 11) is 0. The second-order valence-electron chi connectivity index (χ2n) is 6.08. The van der Waals surface area contributed by atoms with Gasteiger partial charge in [0.1, 0.15) is 0 Å². The van der Waals surface area contributed by atoms with Crippen LogP contribution in [0.5, 0.6) is 0 Å². The molecule has 1 heterocycles. The number of fused-ring (bicyclic) bond motifs is 1. The third-order valence-corrected chi connectivity index (χ3v) is 4.91. The maximum atomic E-state index is 11.8. The molecule has 3 N–H and O–H groups in total. The molecule has 2 unspecified atom stereocenters. The Balaban J connectivity index is 2.59. The van der Waals surface area contributed by atoms with Crippen molar-refractivity contribution in [3.63, 3.8) is 0 Å². The Hall–Kier alpha value is -2.08. The van der Waals surface area contributed by atoms with E-state index in [1.165, 1.54) is 13.8 Å². The molecule has 7 heteroatoms. The molecule has 2 rings (SSSR count). The molecule has 0 fully saturated rings. The van der Waals surface area contributed by atoms with Crippen LogP contribution in [0.15, 0.2) is 12.3 Å². The average molecular weight is 339 g/mol. The maximum Gasteiger partial charge on any atom is 0.310 e. The molecule has 0 spiro atoms. The number of carboxylic acids is 2. The summed E-state index contributed by atoms with van der Waals surface area (Å²) in [6, 6.07) is 1.86. The van der Waals surface area contributed by atoms with Crippen LogP contribution in [-0.2, 0) is 21.9 Å². The van der Waals surface area contributed by atoms with Crippen molar-refractivity contribution in [2.24, 2.45) is 11.3 Å². The van der Waals surface area contributed by atoms with E-state index < -0.39 is 23.3 Å². The molecule has 23 heavy (non-hydrogen) atoms. The van der Waals surface area contributed by atoms with Gasteiger partial charge in [-0.1, -0.05) is 13.0 Å². The third kappa shape index (κ3) is 2.91. The topological polar surface area (TPSA) is 103 Å². The molecule has 2 atom stereocenters. The Morgan fingerprint density at radius 3 is 2.61 bits per heavy atom. The summed E-state index contributed by atoms with van der Waals surface area (Å²) < 4.78 is 0. The van der Waals surface area contributed by atoms with Crippen LogP contribution in [0.3, 0.4) is 0 Å². The first kappa shape index (κ1) is 17.3. The monoisotopic (exact) mass is 338 g/mol. The minimum Gasteiger partial charge on any atom is -0.481 e. The smallest absolute Gasteiger partial charge is 0.310 e. The molecule has 0 radical (unpaired) electrons. The van der Waals surface area contributed by atoms with E-state index in [0.29, 0.717) is 0 Å². The highest BCUT2D eigenvalue weighted by Gasteiger charge is 2.43. The zero-order valence-corrected chi connectivity index (χ0v) is 13.9. The van der Waals surface area contributed by atoms with Crippen LogP contribution in [0.1, 0.15) is 30.5 Å². The largest absolute Gasteiger partial charge is 0.481 e. The fraction of sp³-hybridized carbons (Fsp3) is 0.438. The van der Waals surface area contributed by atoms with E-state index in [2.05, 4.69) is 10.2 Å². The van der Waals surface area contributed by atoms with E-state index in [1.807, 2.05) is 13.0 Å². The Morgan fingerprint density at radius 1 is 1.43 bits per heavy atom. The third-order valence-electron chi connectivity index (χ3n) is 4.64. The lowest BCUT2D eigenvalue weighted by Gasteiger charge is -2.30. The van der Waals surface area contributed by atoms with Crippen molar-refractivity contribution in [1.82, 2.24) is 10.2 Å². The summed E-state index contributed by atoms with van der Waals surface area (Å²) in [6.07, 6.45) is 1.74. The van der Waals surface area contributed by atoms with Crippen molar-refractivity contribution in [2.45, 2.75) is 33.1 Å². The number of H-pyrrole nitrogens is 1. The molecule has 1 aromatic heterocycles. The van der Waals surface area contributed by atoms with Gasteiger partial charge >= 0.3 is 11.9 Å². The molecule has 0 saturated carbocycles. The molecule has 1 aromatic carbocycles. The van der Waals surface area contributed by atoms with E-state index in [-0.39, 0.29) is 12.3 Å². The summed E-state index contributed by atoms with van der Waals surface area (Å²) in [5.41, 5.74) is 1.86. The number of benzene rings is 1. The minimum absolute atomic E-state index is 0.0831. The van der Waals surface area contributed by atoms with Gasteiger partial charge < -0.3 is 10.2 Å². The molecular formula is C16H19ClN2O4. The summed E-state index contributed by atoms with van der Waals surface area (Å²) in [5.74, 6) is -3.12. The summed E-state index contributed by atoms with van der Waals surface area (Å²) in [4.78, 5) is 23.1. The van der Waals surface area contributed by atoms with Crippen molar-refractivity contribution in [1.29, 1.82) is 0 Å². The highest BCUT2D eigenvalue weighted by Crippen LogP contribution is 2.36. The number of halogens is 1. The zero-order valence-electron chi connectivity index (χ0n) is 13.2. The van der Waals surface area contributed by atoms with Crippen LogP contribution < -0.4 is 0 Å². The number of alkyl halides is 1. The van der Waals surface area contributed by atoms with E-state index in [0.717, 1.165) is 27.6 Å². The van der Waals surface area contributed by atoms with E-state index in [1.54, 1.807) is 6.20 Å². The molecule has 124 valence electrons. The van der Waals surface area contributed by atoms with Crippen LogP contribution in [0.2, 0.25) is 0 Å². The van der Waals surface area contributed by atoms with Gasteiger partial charge in [-0.2, -0.15) is 5.10 Å². The van der Waals surface area contributed by atoms with Crippen LogP contribution >= 0.6 is 11.6 Å². The first-order valence-corrected chi connectivity index (χ1v) is 7.72. The minimum atomic E-state index is -1.43. The molecular weight excluding hydrogens is 320 g/mol. The number of hydrogen-bond acceptors (Lipinski definition) is 3. The van der Waals surface area contributed by atoms with Crippen LogP contribution in [0.4, 0.5) is 0 Å². The van der Waals surface area contributed by atoms with Crippen molar-refractivity contribution in [3.8, 4) is 0 Å². The molecule has 0 aliphatic heterocycles. The molecule has 2 aromatic rings. The SMILES string of the molecule is Cc1cc(CC(C)(C(=O)O)C(C)C(=O)O)c(CCl)c2cn[nH]c12. The molecule has 0 bridgehead atoms. The number of aromatic nitrogens is 2. The van der Waals surface area contributed by atoms with Gasteiger partial charge in [-0.15, -0.1) is 11.6 Å². The number of carbonyl (C=O) groups is 2.